The minimum absolute atomic E-state index is 0.168. The van der Waals surface area contributed by atoms with Gasteiger partial charge in [0.15, 0.2) is 0 Å². The van der Waals surface area contributed by atoms with Gasteiger partial charge < -0.3 is 9.47 Å². The predicted molar refractivity (Wildman–Crippen MR) is 207 cm³/mol. The second kappa shape index (κ2) is 23.0. The van der Waals surface area contributed by atoms with Crippen molar-refractivity contribution in [3.05, 3.63) is 70.8 Å². The van der Waals surface area contributed by atoms with E-state index in [2.05, 4.69) is 76.2 Å². The van der Waals surface area contributed by atoms with Crippen molar-refractivity contribution < 1.29 is 9.47 Å². The van der Waals surface area contributed by atoms with E-state index in [-0.39, 0.29) is 12.2 Å². The molecule has 4 rings (SSSR count). The first-order valence-electron chi connectivity index (χ1n) is 21.0. The van der Waals surface area contributed by atoms with E-state index in [1.807, 2.05) is 0 Å². The molecule has 2 atom stereocenters. The third-order valence-corrected chi connectivity index (χ3v) is 12.2. The standard InChI is InChI=1S/C46H74O2/c1-5-7-9-11-13-15-39-17-25-43(26-18-39)45-29-21-41(22-30-45)33-35-47-37(3)38(4)48-36-34-42-23-31-46(32-24-42)44-27-19-40(20-28-44)16-14-12-10-8-6-2/h17-20,25-28,37-38,41-42,45-46H,5-16,21-24,29-36H2,1-4H3/t37?,38?,41-,42?,45-,46?. The van der Waals surface area contributed by atoms with Crippen molar-refractivity contribution in [3.8, 4) is 0 Å². The molecule has 2 aromatic rings. The highest BCUT2D eigenvalue weighted by molar-refractivity contribution is 5.27. The molecule has 0 heterocycles. The van der Waals surface area contributed by atoms with Crippen LogP contribution in [0.15, 0.2) is 48.5 Å². The summed E-state index contributed by atoms with van der Waals surface area (Å²) in [4.78, 5) is 0. The fourth-order valence-corrected chi connectivity index (χ4v) is 8.46. The van der Waals surface area contributed by atoms with Gasteiger partial charge in [0.2, 0.25) is 0 Å². The van der Waals surface area contributed by atoms with Crippen LogP contribution in [0, 0.1) is 11.8 Å². The average molecular weight is 659 g/mol. The molecule has 2 aliphatic rings. The molecule has 2 saturated carbocycles. The van der Waals surface area contributed by atoms with Crippen molar-refractivity contribution in [2.45, 2.75) is 193 Å². The molecule has 2 heteroatoms. The zero-order valence-electron chi connectivity index (χ0n) is 31.9. The lowest BCUT2D eigenvalue weighted by Gasteiger charge is -2.30. The highest BCUT2D eigenvalue weighted by Crippen LogP contribution is 2.38. The summed E-state index contributed by atoms with van der Waals surface area (Å²) in [6.07, 6.45) is 29.6. The Morgan fingerprint density at radius 1 is 0.479 bits per heavy atom. The van der Waals surface area contributed by atoms with Gasteiger partial charge in [-0.05, 0) is 150 Å². The lowest BCUT2D eigenvalue weighted by Crippen LogP contribution is -2.28. The lowest BCUT2D eigenvalue weighted by molar-refractivity contribution is -0.0628. The highest BCUT2D eigenvalue weighted by Gasteiger charge is 2.24. The van der Waals surface area contributed by atoms with E-state index >= 15 is 0 Å². The van der Waals surface area contributed by atoms with E-state index < -0.39 is 0 Å². The molecule has 2 nitrogen and oxygen atoms in total. The average Bonchev–Trinajstić information content (AvgIpc) is 3.12. The Morgan fingerprint density at radius 2 is 0.833 bits per heavy atom. The lowest BCUT2D eigenvalue weighted by atomic mass is 9.77. The van der Waals surface area contributed by atoms with Gasteiger partial charge in [0.05, 0.1) is 12.2 Å². The van der Waals surface area contributed by atoms with E-state index in [4.69, 9.17) is 9.47 Å². The summed E-state index contributed by atoms with van der Waals surface area (Å²) in [6, 6.07) is 19.3. The van der Waals surface area contributed by atoms with E-state index in [1.54, 1.807) is 11.1 Å². The Bertz CT molecular complexity index is 971. The van der Waals surface area contributed by atoms with Gasteiger partial charge in [-0.1, -0.05) is 114 Å². The van der Waals surface area contributed by atoms with Gasteiger partial charge in [-0.25, -0.2) is 0 Å². The summed E-state index contributed by atoms with van der Waals surface area (Å²) >= 11 is 0. The van der Waals surface area contributed by atoms with E-state index in [0.717, 1.165) is 36.9 Å². The Morgan fingerprint density at radius 3 is 1.19 bits per heavy atom. The van der Waals surface area contributed by atoms with Gasteiger partial charge in [-0.15, -0.1) is 0 Å². The number of rotatable bonds is 23. The van der Waals surface area contributed by atoms with Crippen molar-refractivity contribution in [2.24, 2.45) is 11.8 Å². The second-order valence-corrected chi connectivity index (χ2v) is 16.0. The normalized spacial score (nSPS) is 22.8. The van der Waals surface area contributed by atoms with Crippen LogP contribution in [0.4, 0.5) is 0 Å². The molecule has 0 radical (unpaired) electrons. The molecule has 0 N–H and O–H groups in total. The van der Waals surface area contributed by atoms with Crippen molar-refractivity contribution in [1.82, 2.24) is 0 Å². The number of hydrogen-bond donors (Lipinski definition) is 0. The van der Waals surface area contributed by atoms with Crippen LogP contribution in [0.3, 0.4) is 0 Å². The summed E-state index contributed by atoms with van der Waals surface area (Å²) in [6.45, 7) is 10.8. The maximum atomic E-state index is 6.31. The Kier molecular flexibility index (Phi) is 18.7. The zero-order valence-corrected chi connectivity index (χ0v) is 31.9. The van der Waals surface area contributed by atoms with E-state index in [1.165, 1.54) is 152 Å². The third-order valence-electron chi connectivity index (χ3n) is 12.2. The van der Waals surface area contributed by atoms with Crippen LogP contribution in [-0.2, 0) is 22.3 Å². The number of ether oxygens (including phenoxy) is 2. The highest BCUT2D eigenvalue weighted by atomic mass is 16.5. The van der Waals surface area contributed by atoms with E-state index in [0.29, 0.717) is 0 Å². The third kappa shape index (κ3) is 14.3. The van der Waals surface area contributed by atoms with Crippen LogP contribution in [0.1, 0.15) is 190 Å². The Labute approximate surface area is 297 Å². The Hall–Kier alpha value is -1.64. The van der Waals surface area contributed by atoms with Gasteiger partial charge in [-0.2, -0.15) is 0 Å². The predicted octanol–water partition coefficient (Wildman–Crippen LogP) is 13.6. The van der Waals surface area contributed by atoms with Crippen LogP contribution >= 0.6 is 0 Å². The number of hydrogen-bond acceptors (Lipinski definition) is 2. The molecule has 0 amide bonds. The molecular formula is C46H74O2. The smallest absolute Gasteiger partial charge is 0.0805 e. The first kappa shape index (κ1) is 39.2. The first-order valence-corrected chi connectivity index (χ1v) is 21.0. The molecule has 48 heavy (non-hydrogen) atoms. The maximum absolute atomic E-state index is 6.31. The summed E-state index contributed by atoms with van der Waals surface area (Å²) in [5.74, 6) is 3.15. The van der Waals surface area contributed by atoms with Gasteiger partial charge >= 0.3 is 0 Å². The van der Waals surface area contributed by atoms with Gasteiger partial charge in [-0.3, -0.25) is 0 Å². The monoisotopic (exact) mass is 659 g/mol. The maximum Gasteiger partial charge on any atom is 0.0805 e. The molecule has 0 bridgehead atoms. The summed E-state index contributed by atoms with van der Waals surface area (Å²) < 4.78 is 12.6. The van der Waals surface area contributed by atoms with Gasteiger partial charge in [0.25, 0.3) is 0 Å². The molecule has 2 aromatic carbocycles. The van der Waals surface area contributed by atoms with Crippen LogP contribution in [0.2, 0.25) is 0 Å². The van der Waals surface area contributed by atoms with Crippen molar-refractivity contribution in [2.75, 3.05) is 13.2 Å². The summed E-state index contributed by atoms with van der Waals surface area (Å²) in [7, 11) is 0. The van der Waals surface area contributed by atoms with Crippen LogP contribution in [0.25, 0.3) is 0 Å². The van der Waals surface area contributed by atoms with Crippen molar-refractivity contribution in [1.29, 1.82) is 0 Å². The minimum Gasteiger partial charge on any atom is -0.376 e. The van der Waals surface area contributed by atoms with Crippen molar-refractivity contribution in [3.63, 3.8) is 0 Å². The largest absolute Gasteiger partial charge is 0.376 e. The summed E-state index contributed by atoms with van der Waals surface area (Å²) in [5, 5.41) is 0. The topological polar surface area (TPSA) is 18.5 Å². The van der Waals surface area contributed by atoms with Gasteiger partial charge in [0, 0.05) is 13.2 Å². The van der Waals surface area contributed by atoms with Crippen LogP contribution in [0.5, 0.6) is 0 Å². The molecule has 270 valence electrons. The molecule has 2 fully saturated rings. The molecule has 0 aliphatic heterocycles. The quantitative estimate of drug-likeness (QED) is 0.111. The fraction of sp³-hybridized carbons (Fsp3) is 0.739. The molecule has 0 aromatic heterocycles. The molecular weight excluding hydrogens is 585 g/mol. The number of aryl methyl sites for hydroxylation is 2. The molecule has 0 saturated heterocycles. The zero-order chi connectivity index (χ0) is 33.8. The van der Waals surface area contributed by atoms with Crippen molar-refractivity contribution >= 4 is 0 Å². The van der Waals surface area contributed by atoms with Crippen LogP contribution < -0.4 is 0 Å². The van der Waals surface area contributed by atoms with E-state index in [9.17, 15) is 0 Å². The molecule has 2 unspecified atom stereocenters. The van der Waals surface area contributed by atoms with Crippen LogP contribution in [-0.4, -0.2) is 25.4 Å². The second-order valence-electron chi connectivity index (χ2n) is 16.0. The minimum atomic E-state index is 0.168. The first-order chi connectivity index (χ1) is 23.6. The molecule has 0 spiro atoms. The fourth-order valence-electron chi connectivity index (χ4n) is 8.46. The van der Waals surface area contributed by atoms with Gasteiger partial charge in [0.1, 0.15) is 0 Å². The number of unbranched alkanes of at least 4 members (excludes halogenated alkanes) is 8. The number of benzene rings is 2. The summed E-state index contributed by atoms with van der Waals surface area (Å²) in [5.41, 5.74) is 6.19. The SMILES string of the molecule is CCCCCCCc1ccc(C2CCC(CCOC(C)C(C)OCC[C@H]3CC[C@H](c4ccc(CCCCCCC)cc4)CC3)CC2)cc1. The molecule has 2 aliphatic carbocycles. The Balaban J connectivity index is 1.01.